The summed E-state index contributed by atoms with van der Waals surface area (Å²) in [5.41, 5.74) is 1.80. The number of thioether (sulfide) groups is 1. The van der Waals surface area contributed by atoms with E-state index in [2.05, 4.69) is 4.40 Å². The van der Waals surface area contributed by atoms with E-state index in [-0.39, 0.29) is 4.90 Å². The lowest BCUT2D eigenvalue weighted by molar-refractivity contribution is 0.148. The minimum Gasteiger partial charge on any atom is -0.387 e. The normalized spacial score (nSPS) is 17.8. The van der Waals surface area contributed by atoms with Gasteiger partial charge in [0.1, 0.15) is 0 Å². The van der Waals surface area contributed by atoms with Crippen LogP contribution in [0.5, 0.6) is 0 Å². The molecule has 1 unspecified atom stereocenters. The van der Waals surface area contributed by atoms with Crippen LogP contribution in [-0.4, -0.2) is 42.4 Å². The first-order valence-electron chi connectivity index (χ1n) is 7.98. The van der Waals surface area contributed by atoms with Crippen LogP contribution < -0.4 is 0 Å². The second kappa shape index (κ2) is 7.59. The molecule has 5 nitrogen and oxygen atoms in total. The van der Waals surface area contributed by atoms with E-state index < -0.39 is 16.1 Å². The zero-order valence-electron chi connectivity index (χ0n) is 13.9. The number of nitrogens with zero attached hydrogens (tertiary/aromatic N) is 2. The number of hydrogen-bond acceptors (Lipinski definition) is 4. The zero-order chi connectivity index (χ0) is 17.9. The molecule has 0 amide bonds. The first-order chi connectivity index (χ1) is 12.0. The van der Waals surface area contributed by atoms with Crippen molar-refractivity contribution in [2.24, 2.45) is 4.40 Å². The molecule has 1 atom stereocenters. The number of sulfonamides is 1. The molecule has 25 heavy (non-hydrogen) atoms. The van der Waals surface area contributed by atoms with Gasteiger partial charge in [0, 0.05) is 12.3 Å². The van der Waals surface area contributed by atoms with Gasteiger partial charge in [-0.05, 0) is 24.6 Å². The van der Waals surface area contributed by atoms with Crippen LogP contribution in [0.4, 0.5) is 0 Å². The van der Waals surface area contributed by atoms with Crippen LogP contribution in [0.25, 0.3) is 0 Å². The largest absolute Gasteiger partial charge is 0.387 e. The zero-order valence-corrected chi connectivity index (χ0v) is 15.5. The first-order valence-corrected chi connectivity index (χ1v) is 10.4. The quantitative estimate of drug-likeness (QED) is 0.869. The van der Waals surface area contributed by atoms with E-state index in [0.717, 1.165) is 16.9 Å². The predicted octanol–water partition coefficient (Wildman–Crippen LogP) is 2.82. The Bertz CT molecular complexity index is 850. The standard InChI is InChI=1S/C18H20N2O3S2/c1-14-7-9-16(10-8-14)25(22,23)19-18-20(11-12-24-18)13-17(21)15-5-3-2-4-6-15/h2-10,17,21H,11-13H2,1H3. The first kappa shape index (κ1) is 18.0. The molecule has 1 fully saturated rings. The lowest BCUT2D eigenvalue weighted by atomic mass is 10.1. The van der Waals surface area contributed by atoms with Crippen molar-refractivity contribution < 1.29 is 13.5 Å². The highest BCUT2D eigenvalue weighted by molar-refractivity contribution is 8.14. The number of hydrogen-bond donors (Lipinski definition) is 1. The lowest BCUT2D eigenvalue weighted by Gasteiger charge is -2.21. The van der Waals surface area contributed by atoms with E-state index in [1.807, 2.05) is 42.2 Å². The summed E-state index contributed by atoms with van der Waals surface area (Å²) >= 11 is 1.40. The molecule has 2 aromatic rings. The smallest absolute Gasteiger partial charge is 0.284 e. The molecule has 0 radical (unpaired) electrons. The van der Waals surface area contributed by atoms with Crippen molar-refractivity contribution in [3.8, 4) is 0 Å². The van der Waals surface area contributed by atoms with Gasteiger partial charge in [-0.3, -0.25) is 0 Å². The van der Waals surface area contributed by atoms with Gasteiger partial charge < -0.3 is 10.0 Å². The van der Waals surface area contributed by atoms with Crippen molar-refractivity contribution >= 4 is 27.0 Å². The maximum absolute atomic E-state index is 12.5. The van der Waals surface area contributed by atoms with Gasteiger partial charge in [0.15, 0.2) is 5.17 Å². The number of benzene rings is 2. The Labute approximate surface area is 152 Å². The topological polar surface area (TPSA) is 70.0 Å². The highest BCUT2D eigenvalue weighted by atomic mass is 32.2. The van der Waals surface area contributed by atoms with Crippen LogP contribution in [0.15, 0.2) is 63.9 Å². The Morgan fingerprint density at radius 3 is 2.52 bits per heavy atom. The van der Waals surface area contributed by atoms with Gasteiger partial charge in [0.2, 0.25) is 0 Å². The molecular weight excluding hydrogens is 356 g/mol. The third kappa shape index (κ3) is 4.42. The Balaban J connectivity index is 1.78. The fraction of sp³-hybridized carbons (Fsp3) is 0.278. The molecular formula is C18H20N2O3S2. The minimum absolute atomic E-state index is 0.182. The Kier molecular flexibility index (Phi) is 5.46. The third-order valence-electron chi connectivity index (χ3n) is 3.96. The highest BCUT2D eigenvalue weighted by Crippen LogP contribution is 2.24. The van der Waals surface area contributed by atoms with E-state index in [4.69, 9.17) is 0 Å². The molecule has 0 aromatic heterocycles. The Morgan fingerprint density at radius 2 is 1.84 bits per heavy atom. The van der Waals surface area contributed by atoms with Crippen LogP contribution in [-0.2, 0) is 10.0 Å². The molecule has 2 aromatic carbocycles. The van der Waals surface area contributed by atoms with Gasteiger partial charge in [-0.2, -0.15) is 8.42 Å². The number of aliphatic hydroxyl groups is 1. The average Bonchev–Trinajstić information content (AvgIpc) is 3.02. The second-order valence-electron chi connectivity index (χ2n) is 5.88. The monoisotopic (exact) mass is 376 g/mol. The maximum atomic E-state index is 12.5. The predicted molar refractivity (Wildman–Crippen MR) is 101 cm³/mol. The summed E-state index contributed by atoms with van der Waals surface area (Å²) in [6.45, 7) is 2.89. The molecule has 3 rings (SSSR count). The van der Waals surface area contributed by atoms with Gasteiger partial charge >= 0.3 is 0 Å². The van der Waals surface area contributed by atoms with Crippen molar-refractivity contribution in [3.63, 3.8) is 0 Å². The summed E-state index contributed by atoms with van der Waals surface area (Å²) in [4.78, 5) is 2.01. The van der Waals surface area contributed by atoms with Crippen molar-refractivity contribution in [3.05, 3.63) is 65.7 Å². The summed E-state index contributed by atoms with van der Waals surface area (Å²) in [6, 6.07) is 16.0. The Hall–Kier alpha value is -1.83. The molecule has 1 saturated heterocycles. The van der Waals surface area contributed by atoms with E-state index in [1.165, 1.54) is 11.8 Å². The molecule has 1 N–H and O–H groups in total. The van der Waals surface area contributed by atoms with E-state index in [0.29, 0.717) is 18.3 Å². The van der Waals surface area contributed by atoms with Crippen LogP contribution >= 0.6 is 11.8 Å². The molecule has 7 heteroatoms. The molecule has 0 saturated carbocycles. The molecule has 1 aliphatic rings. The molecule has 1 heterocycles. The molecule has 0 aliphatic carbocycles. The van der Waals surface area contributed by atoms with E-state index >= 15 is 0 Å². The van der Waals surface area contributed by atoms with Gasteiger partial charge in [-0.15, -0.1) is 4.40 Å². The van der Waals surface area contributed by atoms with Crippen molar-refractivity contribution in [2.45, 2.75) is 17.9 Å². The number of β-amino-alcohol motifs (C(OH)–C–C–N with tert-alkyl or cyclic N) is 1. The minimum atomic E-state index is -3.75. The fourth-order valence-corrected chi connectivity index (χ4v) is 4.80. The SMILES string of the molecule is Cc1ccc(S(=O)(=O)N=C2SCCN2CC(O)c2ccccc2)cc1. The molecule has 1 aliphatic heterocycles. The fourth-order valence-electron chi connectivity index (χ4n) is 2.54. The average molecular weight is 377 g/mol. The number of aliphatic hydroxyl groups excluding tert-OH is 1. The van der Waals surface area contributed by atoms with Gasteiger partial charge in [-0.25, -0.2) is 0 Å². The number of aryl methyl sites for hydroxylation is 1. The van der Waals surface area contributed by atoms with E-state index in [9.17, 15) is 13.5 Å². The van der Waals surface area contributed by atoms with Crippen LogP contribution in [0.1, 0.15) is 17.2 Å². The summed E-state index contributed by atoms with van der Waals surface area (Å²) in [5.74, 6) is 0.754. The van der Waals surface area contributed by atoms with Crippen LogP contribution in [0, 0.1) is 6.92 Å². The summed E-state index contributed by atoms with van der Waals surface area (Å²) in [5, 5.41) is 10.8. The number of rotatable bonds is 5. The molecule has 132 valence electrons. The maximum Gasteiger partial charge on any atom is 0.284 e. The molecule has 0 spiro atoms. The van der Waals surface area contributed by atoms with Crippen LogP contribution in [0.3, 0.4) is 0 Å². The Morgan fingerprint density at radius 1 is 1.16 bits per heavy atom. The molecule has 0 bridgehead atoms. The van der Waals surface area contributed by atoms with Gasteiger partial charge in [0.25, 0.3) is 10.0 Å². The van der Waals surface area contributed by atoms with Crippen LogP contribution in [0.2, 0.25) is 0 Å². The number of amidine groups is 1. The van der Waals surface area contributed by atoms with Gasteiger partial charge in [0.05, 0.1) is 17.5 Å². The van der Waals surface area contributed by atoms with Crippen molar-refractivity contribution in [2.75, 3.05) is 18.8 Å². The second-order valence-corrected chi connectivity index (χ2v) is 8.55. The van der Waals surface area contributed by atoms with Crippen molar-refractivity contribution in [1.82, 2.24) is 4.90 Å². The highest BCUT2D eigenvalue weighted by Gasteiger charge is 2.25. The van der Waals surface area contributed by atoms with Gasteiger partial charge in [-0.1, -0.05) is 59.8 Å². The summed E-state index contributed by atoms with van der Waals surface area (Å²) < 4.78 is 29.0. The van der Waals surface area contributed by atoms with Crippen molar-refractivity contribution in [1.29, 1.82) is 0 Å². The van der Waals surface area contributed by atoms with E-state index in [1.54, 1.807) is 24.3 Å². The summed E-state index contributed by atoms with van der Waals surface area (Å²) in [7, 11) is -3.75. The third-order valence-corrected chi connectivity index (χ3v) is 6.35. The summed E-state index contributed by atoms with van der Waals surface area (Å²) in [6.07, 6.45) is -0.688. The lowest BCUT2D eigenvalue weighted by Crippen LogP contribution is -2.30.